The molecule has 1 aromatic carbocycles. The smallest absolute Gasteiger partial charge is 0.266 e. The van der Waals surface area contributed by atoms with Crippen LogP contribution in [0.15, 0.2) is 30.3 Å². The second-order valence-corrected chi connectivity index (χ2v) is 6.69. The summed E-state index contributed by atoms with van der Waals surface area (Å²) < 4.78 is 24.0. The van der Waals surface area contributed by atoms with Crippen molar-refractivity contribution in [1.82, 2.24) is 10.3 Å². The molecular formula is C13H18N2O3S. The van der Waals surface area contributed by atoms with Crippen LogP contribution in [0.5, 0.6) is 0 Å². The Bertz CT molecular complexity index is 522. The number of rotatable bonds is 4. The van der Waals surface area contributed by atoms with Crippen LogP contribution in [0, 0.1) is 0 Å². The number of benzene rings is 1. The van der Waals surface area contributed by atoms with E-state index < -0.39 is 21.2 Å². The number of carbonyl (C=O) groups is 1. The largest absolute Gasteiger partial charge is 0.274 e. The number of nitrogens with one attached hydrogen (secondary N) is 2. The van der Waals surface area contributed by atoms with E-state index in [1.54, 1.807) is 30.3 Å². The van der Waals surface area contributed by atoms with E-state index in [2.05, 4.69) is 10.3 Å². The maximum atomic E-state index is 12.0. The first-order chi connectivity index (χ1) is 9.09. The molecule has 19 heavy (non-hydrogen) atoms. The Morgan fingerprint density at radius 3 is 2.32 bits per heavy atom. The Kier molecular flexibility index (Phi) is 4.55. The summed E-state index contributed by atoms with van der Waals surface area (Å²) in [7, 11) is -3.47. The maximum absolute atomic E-state index is 12.0. The molecule has 1 amide bonds. The lowest BCUT2D eigenvalue weighted by Gasteiger charge is -2.22. The normalized spacial score (nSPS) is 17.1. The Hall–Kier alpha value is -1.40. The third kappa shape index (κ3) is 3.78. The van der Waals surface area contributed by atoms with Crippen LogP contribution in [0.3, 0.4) is 0 Å². The number of sulfonamides is 1. The van der Waals surface area contributed by atoms with Crippen LogP contribution in [-0.2, 0) is 10.0 Å². The van der Waals surface area contributed by atoms with Gasteiger partial charge in [0.25, 0.3) is 5.91 Å². The van der Waals surface area contributed by atoms with Crippen LogP contribution in [0.2, 0.25) is 0 Å². The monoisotopic (exact) mass is 282 g/mol. The molecule has 0 radical (unpaired) electrons. The SMILES string of the molecule is O=C(NNS(=O)(=O)C1CCCCC1)c1ccccc1. The second kappa shape index (κ2) is 6.16. The number of hydrazine groups is 1. The van der Waals surface area contributed by atoms with Gasteiger partial charge in [-0.3, -0.25) is 10.2 Å². The molecule has 0 spiro atoms. The molecule has 6 heteroatoms. The zero-order valence-corrected chi connectivity index (χ0v) is 11.4. The van der Waals surface area contributed by atoms with Gasteiger partial charge in [-0.1, -0.05) is 37.5 Å². The first-order valence-electron chi connectivity index (χ1n) is 6.45. The molecule has 1 aliphatic carbocycles. The zero-order valence-electron chi connectivity index (χ0n) is 10.6. The summed E-state index contributed by atoms with van der Waals surface area (Å²) in [6.07, 6.45) is 4.27. The number of carbonyl (C=O) groups excluding carboxylic acids is 1. The van der Waals surface area contributed by atoms with Gasteiger partial charge in [0.2, 0.25) is 10.0 Å². The third-order valence-corrected chi connectivity index (χ3v) is 5.07. The summed E-state index contributed by atoms with van der Waals surface area (Å²) in [5.74, 6) is -0.444. The third-order valence-electron chi connectivity index (χ3n) is 3.33. The van der Waals surface area contributed by atoms with Crippen molar-refractivity contribution in [3.05, 3.63) is 35.9 Å². The summed E-state index contributed by atoms with van der Waals surface area (Å²) in [5, 5.41) is -0.391. The van der Waals surface area contributed by atoms with Crippen molar-refractivity contribution in [2.45, 2.75) is 37.4 Å². The fraction of sp³-hybridized carbons (Fsp3) is 0.462. The highest BCUT2D eigenvalue weighted by Gasteiger charge is 2.27. The molecule has 1 fully saturated rings. The number of hydrogen-bond donors (Lipinski definition) is 2. The number of amides is 1. The second-order valence-electron chi connectivity index (χ2n) is 4.73. The minimum Gasteiger partial charge on any atom is -0.274 e. The fourth-order valence-electron chi connectivity index (χ4n) is 2.24. The Morgan fingerprint density at radius 2 is 1.68 bits per heavy atom. The van der Waals surface area contributed by atoms with Crippen LogP contribution in [-0.4, -0.2) is 19.6 Å². The minimum absolute atomic E-state index is 0.391. The van der Waals surface area contributed by atoms with Crippen molar-refractivity contribution < 1.29 is 13.2 Å². The van der Waals surface area contributed by atoms with Gasteiger partial charge in [0.1, 0.15) is 0 Å². The average molecular weight is 282 g/mol. The molecule has 2 N–H and O–H groups in total. The summed E-state index contributed by atoms with van der Waals surface area (Å²) in [5.41, 5.74) is 2.68. The van der Waals surface area contributed by atoms with E-state index in [9.17, 15) is 13.2 Å². The molecule has 0 aliphatic heterocycles. The van der Waals surface area contributed by atoms with Gasteiger partial charge in [-0.2, -0.15) is 0 Å². The van der Waals surface area contributed by atoms with E-state index in [0.717, 1.165) is 19.3 Å². The highest BCUT2D eigenvalue weighted by Crippen LogP contribution is 2.22. The van der Waals surface area contributed by atoms with E-state index in [1.807, 2.05) is 0 Å². The van der Waals surface area contributed by atoms with Crippen LogP contribution in [0.4, 0.5) is 0 Å². The quantitative estimate of drug-likeness (QED) is 0.823. The highest BCUT2D eigenvalue weighted by molar-refractivity contribution is 7.90. The van der Waals surface area contributed by atoms with Crippen molar-refractivity contribution in [2.75, 3.05) is 0 Å². The Labute approximate surface area is 113 Å². The molecule has 0 unspecified atom stereocenters. The summed E-state index contributed by atoms with van der Waals surface area (Å²) in [4.78, 5) is 13.9. The molecule has 0 saturated heterocycles. The van der Waals surface area contributed by atoms with Gasteiger partial charge in [-0.05, 0) is 25.0 Å². The lowest BCUT2D eigenvalue weighted by Crippen LogP contribution is -2.46. The van der Waals surface area contributed by atoms with Crippen LogP contribution >= 0.6 is 0 Å². The van der Waals surface area contributed by atoms with E-state index >= 15 is 0 Å². The van der Waals surface area contributed by atoms with E-state index in [1.165, 1.54) is 0 Å². The van der Waals surface area contributed by atoms with Gasteiger partial charge in [-0.15, -0.1) is 4.83 Å². The summed E-state index contributed by atoms with van der Waals surface area (Å²) in [6.45, 7) is 0. The predicted molar refractivity (Wildman–Crippen MR) is 72.8 cm³/mol. The van der Waals surface area contributed by atoms with Crippen LogP contribution < -0.4 is 10.3 Å². The van der Waals surface area contributed by atoms with Gasteiger partial charge in [0.15, 0.2) is 0 Å². The highest BCUT2D eigenvalue weighted by atomic mass is 32.2. The van der Waals surface area contributed by atoms with Crippen molar-refractivity contribution >= 4 is 15.9 Å². The average Bonchev–Trinajstić information content (AvgIpc) is 2.47. The molecule has 0 atom stereocenters. The van der Waals surface area contributed by atoms with Gasteiger partial charge in [0, 0.05) is 5.56 Å². The maximum Gasteiger partial charge on any atom is 0.266 e. The Balaban J connectivity index is 1.92. The lowest BCUT2D eigenvalue weighted by atomic mass is 10.0. The van der Waals surface area contributed by atoms with Gasteiger partial charge >= 0.3 is 0 Å². The van der Waals surface area contributed by atoms with E-state index in [0.29, 0.717) is 18.4 Å². The minimum atomic E-state index is -3.47. The number of hydrogen-bond acceptors (Lipinski definition) is 3. The fourth-order valence-corrected chi connectivity index (χ4v) is 3.59. The Morgan fingerprint density at radius 1 is 1.05 bits per heavy atom. The first kappa shape index (κ1) is 14.0. The molecule has 1 saturated carbocycles. The van der Waals surface area contributed by atoms with Gasteiger partial charge in [-0.25, -0.2) is 8.42 Å². The molecule has 1 aromatic rings. The molecular weight excluding hydrogens is 264 g/mol. The van der Waals surface area contributed by atoms with Crippen molar-refractivity contribution in [2.24, 2.45) is 0 Å². The standard InChI is InChI=1S/C13H18N2O3S/c16-13(11-7-3-1-4-8-11)14-15-19(17,18)12-9-5-2-6-10-12/h1,3-4,7-8,12,15H,2,5-6,9-10H2,(H,14,16). The van der Waals surface area contributed by atoms with Gasteiger partial charge < -0.3 is 0 Å². The van der Waals surface area contributed by atoms with Crippen molar-refractivity contribution in [1.29, 1.82) is 0 Å². The lowest BCUT2D eigenvalue weighted by molar-refractivity contribution is 0.0945. The molecule has 0 aromatic heterocycles. The summed E-state index contributed by atoms with van der Waals surface area (Å²) >= 11 is 0. The molecule has 0 bridgehead atoms. The topological polar surface area (TPSA) is 75.3 Å². The first-order valence-corrected chi connectivity index (χ1v) is 8.00. The summed E-state index contributed by atoms with van der Waals surface area (Å²) in [6, 6.07) is 8.51. The van der Waals surface area contributed by atoms with E-state index in [-0.39, 0.29) is 0 Å². The molecule has 104 valence electrons. The van der Waals surface area contributed by atoms with Crippen molar-refractivity contribution in [3.63, 3.8) is 0 Å². The molecule has 5 nitrogen and oxygen atoms in total. The van der Waals surface area contributed by atoms with Crippen LogP contribution in [0.1, 0.15) is 42.5 Å². The molecule has 2 rings (SSSR count). The van der Waals surface area contributed by atoms with Crippen LogP contribution in [0.25, 0.3) is 0 Å². The van der Waals surface area contributed by atoms with Crippen molar-refractivity contribution in [3.8, 4) is 0 Å². The molecule has 0 heterocycles. The predicted octanol–water partition coefficient (Wildman–Crippen LogP) is 1.58. The van der Waals surface area contributed by atoms with E-state index in [4.69, 9.17) is 0 Å². The van der Waals surface area contributed by atoms with Gasteiger partial charge in [0.05, 0.1) is 5.25 Å². The molecule has 1 aliphatic rings. The zero-order chi connectivity index (χ0) is 13.7.